The van der Waals surface area contributed by atoms with E-state index >= 15 is 0 Å². The molecule has 1 aromatic rings. The summed E-state index contributed by atoms with van der Waals surface area (Å²) in [6, 6.07) is 9.25. The molecule has 0 saturated heterocycles. The fraction of sp³-hybridized carbons (Fsp3) is 0.333. The van der Waals surface area contributed by atoms with Gasteiger partial charge in [0.1, 0.15) is 6.54 Å². The summed E-state index contributed by atoms with van der Waals surface area (Å²) in [7, 11) is 0. The third kappa shape index (κ3) is 5.55. The van der Waals surface area contributed by atoms with E-state index in [0.29, 0.717) is 6.42 Å². The summed E-state index contributed by atoms with van der Waals surface area (Å²) in [5, 5.41) is 13.3. The van der Waals surface area contributed by atoms with Gasteiger partial charge in [-0.1, -0.05) is 30.3 Å². The van der Waals surface area contributed by atoms with Gasteiger partial charge in [-0.3, -0.25) is 4.79 Å². The first kappa shape index (κ1) is 13.0. The Bertz CT molecular complexity index is 379. The molecule has 0 spiro atoms. The standard InChI is InChI=1S/C12H16N2O3/c1-9(7-10-5-3-2-4-6-10)14-12(17)13-8-11(15)16/h2-6,9H,7-8H2,1H3,(H,15,16)(H2,13,14,17). The summed E-state index contributed by atoms with van der Waals surface area (Å²) in [4.78, 5) is 21.5. The Balaban J connectivity index is 2.32. The van der Waals surface area contributed by atoms with Gasteiger partial charge in [-0.25, -0.2) is 4.79 Å². The second-order valence-corrected chi connectivity index (χ2v) is 3.81. The summed E-state index contributed by atoms with van der Waals surface area (Å²) < 4.78 is 0. The highest BCUT2D eigenvalue weighted by molar-refractivity contribution is 5.79. The van der Waals surface area contributed by atoms with Crippen LogP contribution in [0.3, 0.4) is 0 Å². The Hall–Kier alpha value is -2.04. The molecule has 5 nitrogen and oxygen atoms in total. The molecule has 0 aliphatic heterocycles. The zero-order valence-corrected chi connectivity index (χ0v) is 9.64. The first-order chi connectivity index (χ1) is 8.08. The maximum Gasteiger partial charge on any atom is 0.323 e. The van der Waals surface area contributed by atoms with Gasteiger partial charge >= 0.3 is 12.0 Å². The maximum atomic E-state index is 11.3. The van der Waals surface area contributed by atoms with Crippen LogP contribution in [0.1, 0.15) is 12.5 Å². The Kier molecular flexibility index (Phi) is 5.00. The molecule has 0 aliphatic carbocycles. The van der Waals surface area contributed by atoms with Crippen LogP contribution in [0.5, 0.6) is 0 Å². The lowest BCUT2D eigenvalue weighted by Crippen LogP contribution is -2.43. The summed E-state index contributed by atoms with van der Waals surface area (Å²) in [5.41, 5.74) is 1.12. The molecular formula is C12H16N2O3. The number of carbonyl (C=O) groups excluding carboxylic acids is 1. The molecule has 2 amide bonds. The monoisotopic (exact) mass is 236 g/mol. The van der Waals surface area contributed by atoms with Gasteiger partial charge in [-0.05, 0) is 18.9 Å². The van der Waals surface area contributed by atoms with Gasteiger partial charge in [0.05, 0.1) is 0 Å². The van der Waals surface area contributed by atoms with Crippen molar-refractivity contribution in [2.45, 2.75) is 19.4 Å². The highest BCUT2D eigenvalue weighted by Gasteiger charge is 2.08. The third-order valence-electron chi connectivity index (χ3n) is 2.16. The number of hydrogen-bond donors (Lipinski definition) is 3. The predicted molar refractivity (Wildman–Crippen MR) is 63.8 cm³/mol. The molecule has 0 aromatic heterocycles. The number of urea groups is 1. The molecule has 0 bridgehead atoms. The molecule has 17 heavy (non-hydrogen) atoms. The SMILES string of the molecule is CC(Cc1ccccc1)NC(=O)NCC(=O)O. The number of carbonyl (C=O) groups is 2. The number of benzene rings is 1. The van der Waals surface area contributed by atoms with Crippen molar-refractivity contribution in [1.82, 2.24) is 10.6 Å². The van der Waals surface area contributed by atoms with Crippen LogP contribution in [-0.4, -0.2) is 29.7 Å². The summed E-state index contributed by atoms with van der Waals surface area (Å²) in [5.74, 6) is -1.06. The fourth-order valence-corrected chi connectivity index (χ4v) is 1.45. The van der Waals surface area contributed by atoms with Crippen molar-refractivity contribution < 1.29 is 14.7 Å². The first-order valence-corrected chi connectivity index (χ1v) is 5.38. The van der Waals surface area contributed by atoms with Crippen LogP contribution in [0, 0.1) is 0 Å². The summed E-state index contributed by atoms with van der Waals surface area (Å²) in [6.45, 7) is 1.50. The molecule has 0 saturated carbocycles. The van der Waals surface area contributed by atoms with Gasteiger partial charge in [0.15, 0.2) is 0 Å². The highest BCUT2D eigenvalue weighted by atomic mass is 16.4. The molecule has 0 radical (unpaired) electrons. The van der Waals surface area contributed by atoms with Gasteiger partial charge in [0, 0.05) is 6.04 Å². The van der Waals surface area contributed by atoms with E-state index in [1.807, 2.05) is 37.3 Å². The minimum Gasteiger partial charge on any atom is -0.480 e. The lowest BCUT2D eigenvalue weighted by Gasteiger charge is -2.14. The van der Waals surface area contributed by atoms with Gasteiger partial charge in [-0.15, -0.1) is 0 Å². The Labute approximate surface area is 99.8 Å². The van der Waals surface area contributed by atoms with Gasteiger partial charge in [0.2, 0.25) is 0 Å². The van der Waals surface area contributed by atoms with Crippen LogP contribution in [0.15, 0.2) is 30.3 Å². The zero-order chi connectivity index (χ0) is 12.7. The van der Waals surface area contributed by atoms with E-state index in [9.17, 15) is 9.59 Å². The van der Waals surface area contributed by atoms with Crippen LogP contribution < -0.4 is 10.6 Å². The number of aliphatic carboxylic acids is 1. The van der Waals surface area contributed by atoms with E-state index in [1.165, 1.54) is 0 Å². The molecule has 0 aliphatic rings. The summed E-state index contributed by atoms with van der Waals surface area (Å²) in [6.07, 6.45) is 0.710. The van der Waals surface area contributed by atoms with Crippen molar-refractivity contribution in [3.63, 3.8) is 0 Å². The summed E-state index contributed by atoms with van der Waals surface area (Å²) >= 11 is 0. The average molecular weight is 236 g/mol. The van der Waals surface area contributed by atoms with Crippen LogP contribution in [-0.2, 0) is 11.2 Å². The Morgan fingerprint density at radius 3 is 2.53 bits per heavy atom. The molecule has 5 heteroatoms. The van der Waals surface area contributed by atoms with E-state index < -0.39 is 12.0 Å². The van der Waals surface area contributed by atoms with Crippen LogP contribution >= 0.6 is 0 Å². The second kappa shape index (κ2) is 6.52. The largest absolute Gasteiger partial charge is 0.480 e. The molecule has 1 aromatic carbocycles. The average Bonchev–Trinajstić information content (AvgIpc) is 2.27. The predicted octanol–water partition coefficient (Wildman–Crippen LogP) is 1.00. The maximum absolute atomic E-state index is 11.3. The van der Waals surface area contributed by atoms with E-state index in [0.717, 1.165) is 5.56 Å². The number of amides is 2. The number of carboxylic acid groups (broad SMARTS) is 1. The molecule has 1 unspecified atom stereocenters. The van der Waals surface area contributed by atoms with Crippen LogP contribution in [0.25, 0.3) is 0 Å². The second-order valence-electron chi connectivity index (χ2n) is 3.81. The van der Waals surface area contributed by atoms with Crippen molar-refractivity contribution in [1.29, 1.82) is 0 Å². The molecular weight excluding hydrogens is 220 g/mol. The lowest BCUT2D eigenvalue weighted by atomic mass is 10.1. The van der Waals surface area contributed by atoms with Crippen LogP contribution in [0.2, 0.25) is 0 Å². The third-order valence-corrected chi connectivity index (χ3v) is 2.16. The zero-order valence-electron chi connectivity index (χ0n) is 9.64. The van der Waals surface area contributed by atoms with Crippen molar-refractivity contribution in [2.24, 2.45) is 0 Å². The molecule has 1 rings (SSSR count). The smallest absolute Gasteiger partial charge is 0.323 e. The lowest BCUT2D eigenvalue weighted by molar-refractivity contribution is -0.135. The normalized spacial score (nSPS) is 11.6. The number of rotatable bonds is 5. The first-order valence-electron chi connectivity index (χ1n) is 5.38. The molecule has 1 atom stereocenters. The van der Waals surface area contributed by atoms with Gasteiger partial charge < -0.3 is 15.7 Å². The van der Waals surface area contributed by atoms with Crippen molar-refractivity contribution >= 4 is 12.0 Å². The molecule has 0 fully saturated rings. The van der Waals surface area contributed by atoms with Crippen molar-refractivity contribution in [2.75, 3.05) is 6.54 Å². The molecule has 92 valence electrons. The van der Waals surface area contributed by atoms with Gasteiger partial charge in [0.25, 0.3) is 0 Å². The fourth-order valence-electron chi connectivity index (χ4n) is 1.45. The van der Waals surface area contributed by atoms with Gasteiger partial charge in [-0.2, -0.15) is 0 Å². The minimum atomic E-state index is -1.06. The highest BCUT2D eigenvalue weighted by Crippen LogP contribution is 2.02. The Morgan fingerprint density at radius 2 is 1.94 bits per heavy atom. The van der Waals surface area contributed by atoms with Crippen LogP contribution in [0.4, 0.5) is 4.79 Å². The molecule has 0 heterocycles. The number of hydrogen-bond acceptors (Lipinski definition) is 2. The van der Waals surface area contributed by atoms with E-state index in [4.69, 9.17) is 5.11 Å². The molecule has 3 N–H and O–H groups in total. The van der Waals surface area contributed by atoms with E-state index in [1.54, 1.807) is 0 Å². The minimum absolute atomic E-state index is 0.0498. The quantitative estimate of drug-likeness (QED) is 0.713. The van der Waals surface area contributed by atoms with E-state index in [-0.39, 0.29) is 12.6 Å². The Morgan fingerprint density at radius 1 is 1.29 bits per heavy atom. The number of nitrogens with one attached hydrogen (secondary N) is 2. The topological polar surface area (TPSA) is 78.4 Å². The van der Waals surface area contributed by atoms with Crippen molar-refractivity contribution in [3.05, 3.63) is 35.9 Å². The van der Waals surface area contributed by atoms with Crippen molar-refractivity contribution in [3.8, 4) is 0 Å². The van der Waals surface area contributed by atoms with E-state index in [2.05, 4.69) is 10.6 Å². The number of carboxylic acids is 1.